The summed E-state index contributed by atoms with van der Waals surface area (Å²) in [7, 11) is 0. The van der Waals surface area contributed by atoms with E-state index in [0.717, 1.165) is 5.56 Å². The van der Waals surface area contributed by atoms with E-state index in [4.69, 9.17) is 10.5 Å². The fourth-order valence-corrected chi connectivity index (χ4v) is 1.99. The number of amides is 1. The van der Waals surface area contributed by atoms with Crippen LogP contribution in [-0.4, -0.2) is 37.1 Å². The minimum Gasteiger partial charge on any atom is -0.399 e. The summed E-state index contributed by atoms with van der Waals surface area (Å²) in [6.45, 7) is 8.44. The van der Waals surface area contributed by atoms with Crippen molar-refractivity contribution in [3.63, 3.8) is 0 Å². The molecule has 0 saturated carbocycles. The number of anilines is 1. The van der Waals surface area contributed by atoms with Crippen LogP contribution in [0, 0.1) is 0 Å². The molecule has 1 rings (SSSR count). The number of likely N-dealkylation sites (N-methyl/N-ethyl adjacent to an activating group) is 1. The summed E-state index contributed by atoms with van der Waals surface area (Å²) in [4.78, 5) is 14.2. The molecule has 1 unspecified atom stereocenters. The number of carbonyl (C=O) groups excluding carboxylic acids is 1. The number of rotatable bonds is 7. The molecule has 19 heavy (non-hydrogen) atoms. The van der Waals surface area contributed by atoms with Gasteiger partial charge in [0.05, 0.1) is 12.5 Å². The summed E-state index contributed by atoms with van der Waals surface area (Å²) in [5.74, 6) is -0.0575. The Hall–Kier alpha value is -1.55. The van der Waals surface area contributed by atoms with Crippen LogP contribution in [-0.2, 0) is 9.53 Å². The van der Waals surface area contributed by atoms with Gasteiger partial charge in [-0.2, -0.15) is 0 Å². The first kappa shape index (κ1) is 15.5. The molecule has 4 heteroatoms. The Morgan fingerprint density at radius 3 is 2.74 bits per heavy atom. The second-order valence-electron chi connectivity index (χ2n) is 4.51. The maximum Gasteiger partial charge on any atom is 0.229 e. The van der Waals surface area contributed by atoms with Gasteiger partial charge in [0.25, 0.3) is 0 Å². The van der Waals surface area contributed by atoms with Gasteiger partial charge in [-0.25, -0.2) is 0 Å². The molecule has 0 aromatic heterocycles. The molecule has 1 aromatic rings. The molecule has 0 fully saturated rings. The van der Waals surface area contributed by atoms with Crippen LogP contribution in [0.25, 0.3) is 0 Å². The second-order valence-corrected chi connectivity index (χ2v) is 4.51. The van der Waals surface area contributed by atoms with Gasteiger partial charge in [-0.3, -0.25) is 4.79 Å². The lowest BCUT2D eigenvalue weighted by atomic mass is 9.99. The van der Waals surface area contributed by atoms with Gasteiger partial charge in [-0.05, 0) is 38.5 Å². The molecule has 0 saturated heterocycles. The third-order valence-electron chi connectivity index (χ3n) is 3.18. The average Bonchev–Trinajstić information content (AvgIpc) is 2.42. The van der Waals surface area contributed by atoms with Crippen LogP contribution in [0.15, 0.2) is 24.3 Å². The van der Waals surface area contributed by atoms with Crippen molar-refractivity contribution in [2.24, 2.45) is 0 Å². The molecule has 0 radical (unpaired) electrons. The Morgan fingerprint density at radius 2 is 2.16 bits per heavy atom. The molecule has 106 valence electrons. The average molecular weight is 264 g/mol. The number of nitrogens with zero attached hydrogens (tertiary/aromatic N) is 1. The first-order chi connectivity index (χ1) is 9.10. The van der Waals surface area contributed by atoms with E-state index < -0.39 is 0 Å². The van der Waals surface area contributed by atoms with Gasteiger partial charge in [0.15, 0.2) is 0 Å². The highest BCUT2D eigenvalue weighted by atomic mass is 16.5. The summed E-state index contributed by atoms with van der Waals surface area (Å²) in [5, 5.41) is 0. The molecule has 1 atom stereocenters. The summed E-state index contributed by atoms with van der Waals surface area (Å²) in [5.41, 5.74) is 7.41. The minimum atomic E-state index is -0.176. The van der Waals surface area contributed by atoms with Crippen molar-refractivity contribution < 1.29 is 9.53 Å². The zero-order valence-electron chi connectivity index (χ0n) is 12.1. The van der Waals surface area contributed by atoms with E-state index in [-0.39, 0.29) is 11.8 Å². The van der Waals surface area contributed by atoms with Gasteiger partial charge in [-0.1, -0.05) is 12.1 Å². The van der Waals surface area contributed by atoms with Gasteiger partial charge in [-0.15, -0.1) is 0 Å². The monoisotopic (exact) mass is 264 g/mol. The van der Waals surface area contributed by atoms with Crippen LogP contribution in [0.2, 0.25) is 0 Å². The summed E-state index contributed by atoms with van der Waals surface area (Å²) < 4.78 is 5.31. The van der Waals surface area contributed by atoms with Crippen LogP contribution < -0.4 is 5.73 Å². The topological polar surface area (TPSA) is 55.6 Å². The van der Waals surface area contributed by atoms with Crippen LogP contribution in [0.1, 0.15) is 32.3 Å². The third kappa shape index (κ3) is 4.56. The van der Waals surface area contributed by atoms with E-state index in [0.29, 0.717) is 32.0 Å². The third-order valence-corrected chi connectivity index (χ3v) is 3.18. The fraction of sp³-hybridized carbons (Fsp3) is 0.533. The van der Waals surface area contributed by atoms with E-state index in [1.54, 1.807) is 0 Å². The van der Waals surface area contributed by atoms with Crippen LogP contribution in [0.3, 0.4) is 0 Å². The van der Waals surface area contributed by atoms with Crippen molar-refractivity contribution in [2.75, 3.05) is 32.0 Å². The van der Waals surface area contributed by atoms with Gasteiger partial charge in [0, 0.05) is 25.4 Å². The van der Waals surface area contributed by atoms with Gasteiger partial charge < -0.3 is 15.4 Å². The molecule has 4 nitrogen and oxygen atoms in total. The van der Waals surface area contributed by atoms with Crippen molar-refractivity contribution in [3.8, 4) is 0 Å². The first-order valence-corrected chi connectivity index (χ1v) is 6.82. The van der Waals surface area contributed by atoms with Crippen molar-refractivity contribution in [3.05, 3.63) is 29.8 Å². The van der Waals surface area contributed by atoms with Gasteiger partial charge in [0.1, 0.15) is 0 Å². The zero-order valence-corrected chi connectivity index (χ0v) is 12.1. The number of nitrogen functional groups attached to an aromatic ring is 1. The van der Waals surface area contributed by atoms with Crippen LogP contribution in [0.4, 0.5) is 5.69 Å². The molecule has 0 heterocycles. The smallest absolute Gasteiger partial charge is 0.229 e. The van der Waals surface area contributed by atoms with Crippen molar-refractivity contribution in [1.82, 2.24) is 4.90 Å². The molecular formula is C15H24N2O2. The molecule has 0 bridgehead atoms. The van der Waals surface area contributed by atoms with Crippen LogP contribution >= 0.6 is 0 Å². The quantitative estimate of drug-likeness (QED) is 0.607. The lowest BCUT2D eigenvalue weighted by molar-refractivity contribution is -0.133. The number of ether oxygens (including phenoxy) is 1. The Balaban J connectivity index is 2.68. The maximum absolute atomic E-state index is 12.4. The Morgan fingerprint density at radius 1 is 1.42 bits per heavy atom. The zero-order chi connectivity index (χ0) is 14.3. The summed E-state index contributed by atoms with van der Waals surface area (Å²) in [6, 6.07) is 7.51. The second kappa shape index (κ2) is 7.79. The Kier molecular flexibility index (Phi) is 6.36. The van der Waals surface area contributed by atoms with E-state index in [9.17, 15) is 4.79 Å². The Labute approximate surface area is 115 Å². The predicted octanol–water partition coefficient (Wildman–Crippen LogP) is 2.26. The molecule has 0 aliphatic rings. The van der Waals surface area contributed by atoms with Gasteiger partial charge >= 0.3 is 0 Å². The van der Waals surface area contributed by atoms with Crippen LogP contribution in [0.5, 0.6) is 0 Å². The van der Waals surface area contributed by atoms with Gasteiger partial charge in [0.2, 0.25) is 5.91 Å². The molecule has 0 spiro atoms. The van der Waals surface area contributed by atoms with Crippen molar-refractivity contribution in [1.29, 1.82) is 0 Å². The molecular weight excluding hydrogens is 240 g/mol. The fourth-order valence-electron chi connectivity index (χ4n) is 1.99. The summed E-state index contributed by atoms with van der Waals surface area (Å²) >= 11 is 0. The van der Waals surface area contributed by atoms with Crippen molar-refractivity contribution >= 4 is 11.6 Å². The molecule has 1 amide bonds. The van der Waals surface area contributed by atoms with E-state index in [2.05, 4.69) is 0 Å². The van der Waals surface area contributed by atoms with E-state index in [1.165, 1.54) is 0 Å². The lowest BCUT2D eigenvalue weighted by Crippen LogP contribution is -2.36. The van der Waals surface area contributed by atoms with E-state index in [1.807, 2.05) is 49.9 Å². The predicted molar refractivity (Wildman–Crippen MR) is 78.0 cm³/mol. The molecule has 0 aliphatic heterocycles. The highest BCUT2D eigenvalue weighted by Gasteiger charge is 2.20. The maximum atomic E-state index is 12.4. The molecule has 2 N–H and O–H groups in total. The SMILES string of the molecule is CCOCCN(CC)C(=O)C(C)c1cccc(N)c1. The van der Waals surface area contributed by atoms with E-state index >= 15 is 0 Å². The minimum absolute atomic E-state index is 0.118. The number of carbonyl (C=O) groups is 1. The normalized spacial score (nSPS) is 12.2. The number of nitrogens with two attached hydrogens (primary N) is 1. The lowest BCUT2D eigenvalue weighted by Gasteiger charge is -2.24. The molecule has 1 aromatic carbocycles. The summed E-state index contributed by atoms with van der Waals surface area (Å²) in [6.07, 6.45) is 0. The van der Waals surface area contributed by atoms with Crippen molar-refractivity contribution in [2.45, 2.75) is 26.7 Å². The number of benzene rings is 1. The Bertz CT molecular complexity index is 407. The largest absolute Gasteiger partial charge is 0.399 e. The first-order valence-electron chi connectivity index (χ1n) is 6.82. The highest BCUT2D eigenvalue weighted by Crippen LogP contribution is 2.20. The number of hydrogen-bond acceptors (Lipinski definition) is 3. The highest BCUT2D eigenvalue weighted by molar-refractivity contribution is 5.83. The standard InChI is InChI=1S/C15H24N2O2/c1-4-17(9-10-19-5-2)15(18)12(3)13-7-6-8-14(16)11-13/h6-8,11-12H,4-5,9-10,16H2,1-3H3. The number of hydrogen-bond donors (Lipinski definition) is 1. The molecule has 0 aliphatic carbocycles.